The summed E-state index contributed by atoms with van der Waals surface area (Å²) in [5, 5.41) is 23.8. The van der Waals surface area contributed by atoms with E-state index in [1.807, 2.05) is 13.1 Å². The molecule has 0 bridgehead atoms. The van der Waals surface area contributed by atoms with Gasteiger partial charge < -0.3 is 14.9 Å². The quantitative estimate of drug-likeness (QED) is 0.179. The van der Waals surface area contributed by atoms with Crippen LogP contribution in [-0.2, 0) is 14.2 Å². The van der Waals surface area contributed by atoms with Gasteiger partial charge in [0.1, 0.15) is 23.9 Å². The molecule has 10 heteroatoms. The molecule has 178 valence electrons. The van der Waals surface area contributed by atoms with Crippen molar-refractivity contribution >= 4 is 9.04 Å². The smallest absolute Gasteiger partial charge is 0.330 e. The van der Waals surface area contributed by atoms with Gasteiger partial charge in [-0.2, -0.15) is 0 Å². The lowest BCUT2D eigenvalue weighted by Gasteiger charge is -2.41. The Morgan fingerprint density at radius 2 is 1.71 bits per heavy atom. The molecule has 4 atom stereocenters. The Hall–Kier alpha value is -1.30. The molecule has 0 spiro atoms. The van der Waals surface area contributed by atoms with Gasteiger partial charge in [-0.15, -0.1) is 0 Å². The Bertz CT molecular complexity index is 798. The van der Waals surface area contributed by atoms with Crippen molar-refractivity contribution in [3.05, 3.63) is 33.1 Å². The van der Waals surface area contributed by atoms with E-state index in [2.05, 4.69) is 18.8 Å². The van der Waals surface area contributed by atoms with E-state index in [4.69, 9.17) is 14.2 Å². The van der Waals surface area contributed by atoms with Gasteiger partial charge in [0.05, 0.1) is 0 Å². The monoisotopic (exact) mass is 458 g/mol. The van der Waals surface area contributed by atoms with Crippen molar-refractivity contribution in [2.45, 2.75) is 102 Å². The first-order valence-corrected chi connectivity index (χ1v) is 14.2. The molecule has 31 heavy (non-hydrogen) atoms. The summed E-state index contributed by atoms with van der Waals surface area (Å²) in [5.41, 5.74) is -4.61. The highest BCUT2D eigenvalue weighted by molar-refractivity contribution is 6.48. The minimum absolute atomic E-state index is 0.0709. The van der Waals surface area contributed by atoms with Crippen molar-refractivity contribution in [1.82, 2.24) is 9.55 Å². The number of nitrogens with one attached hydrogen (secondary N) is 1. The molecule has 1 aromatic heterocycles. The zero-order chi connectivity index (χ0) is 23.1. The Morgan fingerprint density at radius 3 is 2.26 bits per heavy atom. The predicted octanol–water partition coefficient (Wildman–Crippen LogP) is 1.99. The fraction of sp³-hybridized carbons (Fsp3) is 0.810. The third-order valence-electron chi connectivity index (χ3n) is 5.89. The van der Waals surface area contributed by atoms with Gasteiger partial charge in [-0.3, -0.25) is 18.9 Å². The lowest BCUT2D eigenvalue weighted by Crippen LogP contribution is -2.59. The molecule has 0 unspecified atom stereocenters. The van der Waals surface area contributed by atoms with Crippen molar-refractivity contribution in [3.8, 4) is 0 Å². The Morgan fingerprint density at radius 1 is 1.10 bits per heavy atom. The number of unbranched alkanes of at least 4 members (excludes halogenated alkanes) is 4. The van der Waals surface area contributed by atoms with Crippen LogP contribution in [0.1, 0.15) is 71.4 Å². The SMILES string of the molecule is CCCCC[C@@]1(O)[C@@H](COO[SiH](C)C)O[C@@H](n2ccc(=O)[nH]c2=O)[C@@]1(O)CCCCC. The first kappa shape index (κ1) is 26.0. The highest BCUT2D eigenvalue weighted by Gasteiger charge is 2.65. The summed E-state index contributed by atoms with van der Waals surface area (Å²) in [6.07, 6.45) is 4.78. The highest BCUT2D eigenvalue weighted by Crippen LogP contribution is 2.50. The van der Waals surface area contributed by atoms with Crippen molar-refractivity contribution < 1.29 is 24.4 Å². The molecule has 0 aliphatic carbocycles. The van der Waals surface area contributed by atoms with Gasteiger partial charge in [-0.05, 0) is 25.9 Å². The molecular weight excluding hydrogens is 420 g/mol. The summed E-state index contributed by atoms with van der Waals surface area (Å²) in [7, 11) is -1.46. The molecule has 1 fully saturated rings. The maximum absolute atomic E-state index is 12.5. The van der Waals surface area contributed by atoms with Crippen LogP contribution in [0.3, 0.4) is 0 Å². The van der Waals surface area contributed by atoms with Crippen molar-refractivity contribution in [2.24, 2.45) is 0 Å². The number of nitrogens with zero attached hydrogens (tertiary/aromatic N) is 1. The van der Waals surface area contributed by atoms with Gasteiger partial charge in [-0.1, -0.05) is 52.4 Å². The molecule has 9 nitrogen and oxygen atoms in total. The summed E-state index contributed by atoms with van der Waals surface area (Å²) in [4.78, 5) is 31.6. The average molecular weight is 459 g/mol. The second-order valence-corrected chi connectivity index (χ2v) is 11.0. The minimum atomic E-state index is -1.73. The van der Waals surface area contributed by atoms with Crippen LogP contribution >= 0.6 is 0 Å². The van der Waals surface area contributed by atoms with E-state index in [9.17, 15) is 19.8 Å². The third-order valence-corrected chi connectivity index (χ3v) is 6.41. The first-order valence-electron chi connectivity index (χ1n) is 11.4. The van der Waals surface area contributed by atoms with E-state index in [0.717, 1.165) is 30.3 Å². The fourth-order valence-corrected chi connectivity index (χ4v) is 4.55. The summed E-state index contributed by atoms with van der Waals surface area (Å²) >= 11 is 0. The fourth-order valence-electron chi connectivity index (χ4n) is 4.20. The van der Waals surface area contributed by atoms with Crippen LogP contribution in [-0.4, -0.2) is 52.7 Å². The van der Waals surface area contributed by atoms with E-state index in [1.165, 1.54) is 12.3 Å². The predicted molar refractivity (Wildman–Crippen MR) is 119 cm³/mol. The molecular formula is C21H38N2O7Si. The van der Waals surface area contributed by atoms with Crippen molar-refractivity contribution in [1.29, 1.82) is 0 Å². The summed E-state index contributed by atoms with van der Waals surface area (Å²) in [6.45, 7) is 7.95. The van der Waals surface area contributed by atoms with Crippen LogP contribution in [0.2, 0.25) is 13.1 Å². The number of aromatic amines is 1. The summed E-state index contributed by atoms with van der Waals surface area (Å²) in [6, 6.07) is 1.20. The average Bonchev–Trinajstić information content (AvgIpc) is 2.90. The first-order chi connectivity index (χ1) is 14.7. The number of rotatable bonds is 13. The molecule has 0 saturated carbocycles. The van der Waals surface area contributed by atoms with Gasteiger partial charge in [0.15, 0.2) is 6.23 Å². The lowest BCUT2D eigenvalue weighted by atomic mass is 9.73. The molecule has 1 aliphatic heterocycles. The van der Waals surface area contributed by atoms with Crippen LogP contribution in [0.15, 0.2) is 21.9 Å². The zero-order valence-corrected chi connectivity index (χ0v) is 20.3. The van der Waals surface area contributed by atoms with Gasteiger partial charge >= 0.3 is 5.69 Å². The van der Waals surface area contributed by atoms with Gasteiger partial charge in [0, 0.05) is 12.3 Å². The Labute approximate surface area is 185 Å². The summed E-state index contributed by atoms with van der Waals surface area (Å²) in [5.74, 6) is 0. The Kier molecular flexibility index (Phi) is 9.65. The van der Waals surface area contributed by atoms with E-state index >= 15 is 0 Å². The van der Waals surface area contributed by atoms with Gasteiger partial charge in [-0.25, -0.2) is 9.68 Å². The Balaban J connectivity index is 2.46. The topological polar surface area (TPSA) is 123 Å². The number of aromatic nitrogens is 2. The second-order valence-electron chi connectivity index (χ2n) is 8.69. The molecule has 2 rings (SSSR count). The maximum Gasteiger partial charge on any atom is 0.330 e. The molecule has 1 saturated heterocycles. The number of aliphatic hydroxyl groups is 2. The molecule has 3 N–H and O–H groups in total. The molecule has 2 heterocycles. The van der Waals surface area contributed by atoms with E-state index in [1.54, 1.807) is 0 Å². The number of hydrogen-bond donors (Lipinski definition) is 3. The third kappa shape index (κ3) is 5.94. The van der Waals surface area contributed by atoms with Crippen LogP contribution in [0.4, 0.5) is 0 Å². The van der Waals surface area contributed by atoms with Crippen LogP contribution < -0.4 is 11.2 Å². The highest BCUT2D eigenvalue weighted by atomic mass is 28.3. The largest absolute Gasteiger partial charge is 0.384 e. The molecule has 0 aromatic carbocycles. The van der Waals surface area contributed by atoms with E-state index in [-0.39, 0.29) is 13.0 Å². The van der Waals surface area contributed by atoms with E-state index < -0.39 is 43.8 Å². The molecule has 1 aliphatic rings. The van der Waals surface area contributed by atoms with Crippen LogP contribution in [0.5, 0.6) is 0 Å². The van der Waals surface area contributed by atoms with Crippen molar-refractivity contribution in [3.63, 3.8) is 0 Å². The minimum Gasteiger partial charge on any atom is -0.384 e. The number of H-pyrrole nitrogens is 1. The van der Waals surface area contributed by atoms with Gasteiger partial charge in [0.25, 0.3) is 5.56 Å². The van der Waals surface area contributed by atoms with E-state index in [0.29, 0.717) is 19.3 Å². The number of hydrogen-bond acceptors (Lipinski definition) is 7. The maximum atomic E-state index is 12.5. The molecule has 1 aromatic rings. The lowest BCUT2D eigenvalue weighted by molar-refractivity contribution is -0.248. The number of ether oxygens (including phenoxy) is 1. The second kappa shape index (κ2) is 11.5. The zero-order valence-electron chi connectivity index (χ0n) is 19.1. The van der Waals surface area contributed by atoms with Gasteiger partial charge in [0.2, 0.25) is 9.04 Å². The van der Waals surface area contributed by atoms with Crippen LogP contribution in [0, 0.1) is 0 Å². The molecule has 0 radical (unpaired) electrons. The molecule has 0 amide bonds. The van der Waals surface area contributed by atoms with Crippen molar-refractivity contribution in [2.75, 3.05) is 6.61 Å². The summed E-state index contributed by atoms with van der Waals surface area (Å²) < 4.78 is 12.6. The normalized spacial score (nSPS) is 28.5. The standard InChI is InChI=1S/C21H38N2O7Si/c1-5-7-9-12-20(26)16(15-28-30-31(3)4)29-18(21(20,27)13-10-8-6-2)23-14-11-17(24)22-19(23)25/h11,14,16,18,26-27,31H,5-10,12-13,15H2,1-4H3,(H,22,24,25)/t16-,18-,20-,21+/m1/s1. The van der Waals surface area contributed by atoms with Crippen LogP contribution in [0.25, 0.3) is 0 Å².